The Balaban J connectivity index is 1.97. The Labute approximate surface area is 138 Å². The van der Waals surface area contributed by atoms with Crippen LogP contribution in [0, 0.1) is 5.82 Å². The van der Waals surface area contributed by atoms with Crippen molar-refractivity contribution in [2.45, 2.75) is 51.6 Å². The summed E-state index contributed by atoms with van der Waals surface area (Å²) in [6.45, 7) is 7.90. The van der Waals surface area contributed by atoms with E-state index in [2.05, 4.69) is 30.2 Å². The number of hydrogen-bond acceptors (Lipinski definition) is 2. The molecule has 0 radical (unpaired) electrons. The third-order valence-electron chi connectivity index (χ3n) is 4.70. The van der Waals surface area contributed by atoms with Crippen molar-refractivity contribution in [3.05, 3.63) is 42.1 Å². The second-order valence-corrected chi connectivity index (χ2v) is 7.48. The summed E-state index contributed by atoms with van der Waals surface area (Å²) in [7, 11) is 2.04. The van der Waals surface area contributed by atoms with Crippen molar-refractivity contribution in [1.29, 1.82) is 0 Å². The van der Waals surface area contributed by atoms with Crippen LogP contribution in [0.5, 0.6) is 0 Å². The predicted octanol–water partition coefficient (Wildman–Crippen LogP) is 4.55. The molecule has 23 heavy (non-hydrogen) atoms. The number of likely N-dealkylation sites (tertiary alicyclic amines) is 1. The van der Waals surface area contributed by atoms with E-state index in [1.165, 1.54) is 18.9 Å². The van der Waals surface area contributed by atoms with Crippen molar-refractivity contribution >= 4 is 0 Å². The molecular weight excluding hydrogens is 289 g/mol. The Kier molecular flexibility index (Phi) is 4.28. The van der Waals surface area contributed by atoms with Gasteiger partial charge >= 0.3 is 0 Å². The molecule has 1 aliphatic heterocycles. The van der Waals surface area contributed by atoms with Gasteiger partial charge in [-0.15, -0.1) is 0 Å². The monoisotopic (exact) mass is 315 g/mol. The fraction of sp³-hybridized carbons (Fsp3) is 0.526. The number of piperidine rings is 1. The standard InChI is InChI=1S/C19H26FN3/c1-19(2,3)23-11-6-5-10-17(23)18-21-16(13-22(18)4)14-8-7-9-15(20)12-14/h7-9,12-13,17H,5-6,10-11H2,1-4H3. The molecule has 1 atom stereocenters. The molecule has 0 aliphatic carbocycles. The minimum atomic E-state index is -0.219. The molecule has 1 unspecified atom stereocenters. The van der Waals surface area contributed by atoms with Gasteiger partial charge in [-0.05, 0) is 52.3 Å². The summed E-state index contributed by atoms with van der Waals surface area (Å²) in [4.78, 5) is 7.41. The second kappa shape index (κ2) is 6.08. The highest BCUT2D eigenvalue weighted by Crippen LogP contribution is 2.36. The van der Waals surface area contributed by atoms with Crippen LogP contribution in [0.1, 0.15) is 51.9 Å². The van der Waals surface area contributed by atoms with Gasteiger partial charge in [0, 0.05) is 24.3 Å². The van der Waals surface area contributed by atoms with Crippen LogP contribution < -0.4 is 0 Å². The average molecular weight is 315 g/mol. The zero-order valence-corrected chi connectivity index (χ0v) is 14.5. The van der Waals surface area contributed by atoms with Gasteiger partial charge in [0.1, 0.15) is 11.6 Å². The summed E-state index contributed by atoms with van der Waals surface area (Å²) in [5.74, 6) is 0.863. The number of aromatic nitrogens is 2. The Morgan fingerprint density at radius 2 is 2.00 bits per heavy atom. The van der Waals surface area contributed by atoms with Gasteiger partial charge < -0.3 is 4.57 Å². The van der Waals surface area contributed by atoms with Crippen molar-refractivity contribution in [2.75, 3.05) is 6.54 Å². The lowest BCUT2D eigenvalue weighted by Gasteiger charge is -2.44. The minimum Gasteiger partial charge on any atom is -0.336 e. The van der Waals surface area contributed by atoms with Crippen molar-refractivity contribution in [3.63, 3.8) is 0 Å². The van der Waals surface area contributed by atoms with Crippen LogP contribution in [0.15, 0.2) is 30.5 Å². The fourth-order valence-corrected chi connectivity index (χ4v) is 3.58. The van der Waals surface area contributed by atoms with Crippen LogP contribution in [0.3, 0.4) is 0 Å². The van der Waals surface area contributed by atoms with Gasteiger partial charge in [0.25, 0.3) is 0 Å². The molecule has 0 spiro atoms. The molecule has 0 amide bonds. The lowest BCUT2D eigenvalue weighted by atomic mass is 9.94. The van der Waals surface area contributed by atoms with Gasteiger partial charge in [-0.25, -0.2) is 9.37 Å². The first-order valence-corrected chi connectivity index (χ1v) is 8.42. The van der Waals surface area contributed by atoms with Crippen LogP contribution in [-0.4, -0.2) is 26.5 Å². The quantitative estimate of drug-likeness (QED) is 0.810. The zero-order valence-electron chi connectivity index (χ0n) is 14.5. The van der Waals surface area contributed by atoms with E-state index in [4.69, 9.17) is 4.98 Å². The SMILES string of the molecule is Cn1cc(-c2cccc(F)c2)nc1C1CCCCN1C(C)(C)C. The number of benzene rings is 1. The summed E-state index contributed by atoms with van der Waals surface area (Å²) in [6, 6.07) is 7.00. The molecule has 1 aromatic heterocycles. The Morgan fingerprint density at radius 3 is 2.70 bits per heavy atom. The van der Waals surface area contributed by atoms with Crippen LogP contribution >= 0.6 is 0 Å². The smallest absolute Gasteiger partial charge is 0.126 e. The first-order valence-electron chi connectivity index (χ1n) is 8.42. The molecule has 1 aliphatic rings. The number of halogens is 1. The minimum absolute atomic E-state index is 0.121. The van der Waals surface area contributed by atoms with E-state index in [0.29, 0.717) is 6.04 Å². The van der Waals surface area contributed by atoms with Crippen molar-refractivity contribution < 1.29 is 4.39 Å². The summed E-state index contributed by atoms with van der Waals surface area (Å²) in [5, 5.41) is 0. The molecule has 4 heteroatoms. The Morgan fingerprint density at radius 1 is 1.22 bits per heavy atom. The number of rotatable bonds is 2. The first-order chi connectivity index (χ1) is 10.9. The van der Waals surface area contributed by atoms with Gasteiger partial charge in [-0.2, -0.15) is 0 Å². The van der Waals surface area contributed by atoms with Gasteiger partial charge in [0.05, 0.1) is 11.7 Å². The normalized spacial score (nSPS) is 20.0. The fourth-order valence-electron chi connectivity index (χ4n) is 3.58. The molecule has 2 heterocycles. The lowest BCUT2D eigenvalue weighted by molar-refractivity contribution is 0.0452. The molecule has 124 valence electrons. The highest BCUT2D eigenvalue weighted by molar-refractivity contribution is 5.58. The molecule has 3 rings (SSSR count). The van der Waals surface area contributed by atoms with E-state index in [1.807, 2.05) is 19.3 Å². The number of imidazole rings is 1. The van der Waals surface area contributed by atoms with E-state index < -0.39 is 0 Å². The maximum Gasteiger partial charge on any atom is 0.126 e. The van der Waals surface area contributed by atoms with Gasteiger partial charge in [0.15, 0.2) is 0 Å². The third-order valence-corrected chi connectivity index (χ3v) is 4.70. The van der Waals surface area contributed by atoms with Crippen molar-refractivity contribution in [3.8, 4) is 11.3 Å². The number of hydrogen-bond donors (Lipinski definition) is 0. The number of nitrogens with zero attached hydrogens (tertiary/aromatic N) is 3. The van der Waals surface area contributed by atoms with Crippen molar-refractivity contribution in [2.24, 2.45) is 7.05 Å². The second-order valence-electron chi connectivity index (χ2n) is 7.48. The predicted molar refractivity (Wildman–Crippen MR) is 91.7 cm³/mol. The Hall–Kier alpha value is -1.68. The molecule has 0 saturated carbocycles. The molecule has 0 bridgehead atoms. The van der Waals surface area contributed by atoms with E-state index in [1.54, 1.807) is 12.1 Å². The summed E-state index contributed by atoms with van der Waals surface area (Å²) in [6.07, 6.45) is 5.62. The van der Waals surface area contributed by atoms with Crippen LogP contribution in [-0.2, 0) is 7.05 Å². The van der Waals surface area contributed by atoms with Crippen LogP contribution in [0.4, 0.5) is 4.39 Å². The maximum atomic E-state index is 13.5. The van der Waals surface area contributed by atoms with Gasteiger partial charge in [-0.3, -0.25) is 4.90 Å². The van der Waals surface area contributed by atoms with Gasteiger partial charge in [-0.1, -0.05) is 18.6 Å². The summed E-state index contributed by atoms with van der Waals surface area (Å²) >= 11 is 0. The maximum absolute atomic E-state index is 13.5. The first kappa shape index (κ1) is 16.2. The Bertz CT molecular complexity index is 684. The van der Waals surface area contributed by atoms with Crippen molar-refractivity contribution in [1.82, 2.24) is 14.5 Å². The third kappa shape index (κ3) is 3.32. The van der Waals surface area contributed by atoms with E-state index >= 15 is 0 Å². The molecule has 3 nitrogen and oxygen atoms in total. The molecule has 2 aromatic rings. The molecule has 0 N–H and O–H groups in total. The summed E-state index contributed by atoms with van der Waals surface area (Å²) < 4.78 is 15.6. The topological polar surface area (TPSA) is 21.1 Å². The molecule has 1 aromatic carbocycles. The lowest BCUT2D eigenvalue weighted by Crippen LogP contribution is -2.47. The molecule has 1 saturated heterocycles. The van der Waals surface area contributed by atoms with Crippen LogP contribution in [0.25, 0.3) is 11.3 Å². The van der Waals surface area contributed by atoms with Crippen LogP contribution in [0.2, 0.25) is 0 Å². The molecule has 1 fully saturated rings. The zero-order chi connectivity index (χ0) is 16.6. The average Bonchev–Trinajstić information content (AvgIpc) is 2.88. The highest BCUT2D eigenvalue weighted by atomic mass is 19.1. The number of aryl methyl sites for hydroxylation is 1. The van der Waals surface area contributed by atoms with Gasteiger partial charge in [0.2, 0.25) is 0 Å². The highest BCUT2D eigenvalue weighted by Gasteiger charge is 2.34. The summed E-state index contributed by atoms with van der Waals surface area (Å²) in [5.41, 5.74) is 1.81. The van der Waals surface area contributed by atoms with E-state index in [9.17, 15) is 4.39 Å². The van der Waals surface area contributed by atoms with E-state index in [0.717, 1.165) is 30.0 Å². The van der Waals surface area contributed by atoms with E-state index in [-0.39, 0.29) is 11.4 Å². The largest absolute Gasteiger partial charge is 0.336 e. The molecular formula is C19H26FN3.